The molecule has 0 atom stereocenters. The summed E-state index contributed by atoms with van der Waals surface area (Å²) in [5.41, 5.74) is 3.28. The second-order valence-corrected chi connectivity index (χ2v) is 4.50. The maximum Gasteiger partial charge on any atom is 0.243 e. The molecule has 0 radical (unpaired) electrons. The van der Waals surface area contributed by atoms with Crippen LogP contribution in [0.3, 0.4) is 0 Å². The van der Waals surface area contributed by atoms with Crippen molar-refractivity contribution in [2.75, 3.05) is 0 Å². The third-order valence-corrected chi connectivity index (χ3v) is 3.02. The van der Waals surface area contributed by atoms with Crippen LogP contribution < -0.4 is 5.43 Å². The minimum Gasteiger partial charge on any atom is -0.273 e. The highest BCUT2D eigenvalue weighted by Crippen LogP contribution is 2.28. The Bertz CT molecular complexity index is 442. The maximum atomic E-state index is 11.2. The first-order valence-corrected chi connectivity index (χ1v) is 5.70. The van der Waals surface area contributed by atoms with Crippen LogP contribution in [-0.2, 0) is 4.79 Å². The van der Waals surface area contributed by atoms with Crippen molar-refractivity contribution in [2.24, 2.45) is 11.0 Å². The van der Waals surface area contributed by atoms with E-state index in [0.717, 1.165) is 18.4 Å². The van der Waals surface area contributed by atoms with Gasteiger partial charge in [-0.3, -0.25) is 4.79 Å². The molecule has 1 saturated carbocycles. The molecule has 16 heavy (non-hydrogen) atoms. The highest BCUT2D eigenvalue weighted by molar-refractivity contribution is 6.42. The number of rotatable bonds is 3. The minimum atomic E-state index is -0.0173. The fraction of sp³-hybridized carbons (Fsp3) is 0.273. The first kappa shape index (κ1) is 11.4. The molecule has 0 saturated heterocycles. The summed E-state index contributed by atoms with van der Waals surface area (Å²) in [5.74, 6) is 0.141. The molecule has 0 bridgehead atoms. The van der Waals surface area contributed by atoms with Crippen LogP contribution in [0, 0.1) is 5.92 Å². The fourth-order valence-electron chi connectivity index (χ4n) is 1.20. The SMILES string of the molecule is O=C(N/N=C/c1ccc(Cl)c(Cl)c1)C1CC1. The fourth-order valence-corrected chi connectivity index (χ4v) is 1.51. The molecule has 1 aliphatic carbocycles. The molecule has 2 rings (SSSR count). The second-order valence-electron chi connectivity index (χ2n) is 3.68. The molecule has 1 aromatic rings. The van der Waals surface area contributed by atoms with Crippen molar-refractivity contribution in [3.05, 3.63) is 33.8 Å². The molecule has 1 amide bonds. The van der Waals surface area contributed by atoms with Crippen molar-refractivity contribution < 1.29 is 4.79 Å². The molecule has 84 valence electrons. The summed E-state index contributed by atoms with van der Waals surface area (Å²) in [4.78, 5) is 11.2. The molecule has 1 aromatic carbocycles. The highest BCUT2D eigenvalue weighted by atomic mass is 35.5. The van der Waals surface area contributed by atoms with Gasteiger partial charge in [0.25, 0.3) is 0 Å². The molecule has 3 nitrogen and oxygen atoms in total. The predicted octanol–water partition coefficient (Wildman–Crippen LogP) is 2.85. The number of nitrogens with zero attached hydrogens (tertiary/aromatic N) is 1. The Morgan fingerprint density at radius 3 is 2.75 bits per heavy atom. The van der Waals surface area contributed by atoms with E-state index >= 15 is 0 Å². The van der Waals surface area contributed by atoms with E-state index in [1.165, 1.54) is 0 Å². The van der Waals surface area contributed by atoms with E-state index in [0.29, 0.717) is 10.0 Å². The molecule has 1 N–H and O–H groups in total. The number of hydrazone groups is 1. The number of amides is 1. The third-order valence-electron chi connectivity index (χ3n) is 2.28. The molecule has 1 aliphatic rings. The number of benzene rings is 1. The van der Waals surface area contributed by atoms with Gasteiger partial charge in [0, 0.05) is 5.92 Å². The van der Waals surface area contributed by atoms with Gasteiger partial charge in [0.15, 0.2) is 0 Å². The van der Waals surface area contributed by atoms with E-state index < -0.39 is 0 Å². The van der Waals surface area contributed by atoms with Gasteiger partial charge in [0.2, 0.25) is 5.91 Å². The van der Waals surface area contributed by atoms with Gasteiger partial charge in [0.1, 0.15) is 0 Å². The van der Waals surface area contributed by atoms with Crippen LogP contribution in [0.5, 0.6) is 0 Å². The van der Waals surface area contributed by atoms with Crippen LogP contribution in [0.1, 0.15) is 18.4 Å². The number of hydrogen-bond donors (Lipinski definition) is 1. The van der Waals surface area contributed by atoms with E-state index in [1.54, 1.807) is 24.4 Å². The smallest absolute Gasteiger partial charge is 0.243 e. The molecular formula is C11H10Cl2N2O. The molecule has 0 unspecified atom stereocenters. The number of carbonyl (C=O) groups is 1. The lowest BCUT2D eigenvalue weighted by Gasteiger charge is -1.98. The van der Waals surface area contributed by atoms with E-state index in [1.807, 2.05) is 0 Å². The Morgan fingerprint density at radius 2 is 2.12 bits per heavy atom. The van der Waals surface area contributed by atoms with Gasteiger partial charge in [-0.2, -0.15) is 5.10 Å². The Kier molecular flexibility index (Phi) is 3.46. The zero-order valence-electron chi connectivity index (χ0n) is 8.41. The van der Waals surface area contributed by atoms with Crippen LogP contribution in [0.4, 0.5) is 0 Å². The van der Waals surface area contributed by atoms with E-state index in [2.05, 4.69) is 10.5 Å². The number of nitrogens with one attached hydrogen (secondary N) is 1. The summed E-state index contributed by atoms with van der Waals surface area (Å²) in [7, 11) is 0. The lowest BCUT2D eigenvalue weighted by atomic mass is 10.2. The Morgan fingerprint density at radius 1 is 1.38 bits per heavy atom. The lowest BCUT2D eigenvalue weighted by molar-refractivity contribution is -0.122. The zero-order valence-corrected chi connectivity index (χ0v) is 9.92. The van der Waals surface area contributed by atoms with Crippen LogP contribution in [0.2, 0.25) is 10.0 Å². The number of halogens is 2. The van der Waals surface area contributed by atoms with Crippen molar-refractivity contribution in [3.8, 4) is 0 Å². The van der Waals surface area contributed by atoms with Gasteiger partial charge in [0.05, 0.1) is 16.3 Å². The quantitative estimate of drug-likeness (QED) is 0.656. The normalized spacial score (nSPS) is 15.4. The van der Waals surface area contributed by atoms with Crippen molar-refractivity contribution in [3.63, 3.8) is 0 Å². The maximum absolute atomic E-state index is 11.2. The van der Waals surface area contributed by atoms with Crippen LogP contribution in [0.25, 0.3) is 0 Å². The summed E-state index contributed by atoms with van der Waals surface area (Å²) in [5, 5.41) is 4.82. The number of carbonyl (C=O) groups excluding carboxylic acids is 1. The van der Waals surface area contributed by atoms with Gasteiger partial charge in [-0.05, 0) is 30.5 Å². The topological polar surface area (TPSA) is 41.5 Å². The van der Waals surface area contributed by atoms with Crippen LogP contribution in [-0.4, -0.2) is 12.1 Å². The van der Waals surface area contributed by atoms with Crippen molar-refractivity contribution >= 4 is 35.3 Å². The Balaban J connectivity index is 1.94. The van der Waals surface area contributed by atoms with Gasteiger partial charge in [-0.15, -0.1) is 0 Å². The molecule has 0 aliphatic heterocycles. The molecule has 0 aromatic heterocycles. The highest BCUT2D eigenvalue weighted by Gasteiger charge is 2.29. The monoisotopic (exact) mass is 256 g/mol. The Labute approximate surface area is 103 Å². The number of hydrogen-bond acceptors (Lipinski definition) is 2. The van der Waals surface area contributed by atoms with E-state index in [9.17, 15) is 4.79 Å². The largest absolute Gasteiger partial charge is 0.273 e. The van der Waals surface area contributed by atoms with Gasteiger partial charge in [-0.1, -0.05) is 29.3 Å². The molecule has 0 heterocycles. The summed E-state index contributed by atoms with van der Waals surface area (Å²) in [6, 6.07) is 5.16. The van der Waals surface area contributed by atoms with Crippen molar-refractivity contribution in [1.29, 1.82) is 0 Å². The average Bonchev–Trinajstić information content (AvgIpc) is 3.07. The first-order valence-electron chi connectivity index (χ1n) is 4.95. The van der Waals surface area contributed by atoms with E-state index in [4.69, 9.17) is 23.2 Å². The van der Waals surface area contributed by atoms with Crippen molar-refractivity contribution in [1.82, 2.24) is 5.43 Å². The summed E-state index contributed by atoms with van der Waals surface area (Å²) in [6.45, 7) is 0. The van der Waals surface area contributed by atoms with Gasteiger partial charge < -0.3 is 0 Å². The summed E-state index contributed by atoms with van der Waals surface area (Å²) < 4.78 is 0. The second kappa shape index (κ2) is 4.85. The van der Waals surface area contributed by atoms with Crippen LogP contribution in [0.15, 0.2) is 23.3 Å². The third kappa shape index (κ3) is 2.97. The zero-order chi connectivity index (χ0) is 11.5. The van der Waals surface area contributed by atoms with Crippen molar-refractivity contribution in [2.45, 2.75) is 12.8 Å². The lowest BCUT2D eigenvalue weighted by Crippen LogP contribution is -2.18. The average molecular weight is 257 g/mol. The molecule has 5 heteroatoms. The molecule has 1 fully saturated rings. The van der Waals surface area contributed by atoms with Gasteiger partial charge >= 0.3 is 0 Å². The Hall–Kier alpha value is -1.06. The van der Waals surface area contributed by atoms with Crippen LogP contribution >= 0.6 is 23.2 Å². The standard InChI is InChI=1S/C11H10Cl2N2O/c12-9-4-1-7(5-10(9)13)6-14-15-11(16)8-2-3-8/h1,4-6,8H,2-3H2,(H,15,16)/b14-6+. The van der Waals surface area contributed by atoms with Gasteiger partial charge in [-0.25, -0.2) is 5.43 Å². The molecular weight excluding hydrogens is 247 g/mol. The molecule has 0 spiro atoms. The predicted molar refractivity (Wildman–Crippen MR) is 64.9 cm³/mol. The summed E-state index contributed by atoms with van der Waals surface area (Å²) in [6.07, 6.45) is 3.48. The first-order chi connectivity index (χ1) is 7.66. The van der Waals surface area contributed by atoms with E-state index in [-0.39, 0.29) is 11.8 Å². The minimum absolute atomic E-state index is 0.0173. The summed E-state index contributed by atoms with van der Waals surface area (Å²) >= 11 is 11.6.